The van der Waals surface area contributed by atoms with Gasteiger partial charge in [0.25, 0.3) is 10.0 Å². The SMILES string of the molecule is Cn1nccc1S(=O)(=O)NC(CC(N)=O)C(=O)O. The first-order valence-electron chi connectivity index (χ1n) is 4.75. The van der Waals surface area contributed by atoms with E-state index < -0.39 is 34.4 Å². The van der Waals surface area contributed by atoms with Crippen molar-refractivity contribution in [1.29, 1.82) is 0 Å². The summed E-state index contributed by atoms with van der Waals surface area (Å²) >= 11 is 0. The highest BCUT2D eigenvalue weighted by Gasteiger charge is 2.28. The molecule has 0 saturated carbocycles. The van der Waals surface area contributed by atoms with Gasteiger partial charge in [-0.05, 0) is 6.07 Å². The average molecular weight is 276 g/mol. The Morgan fingerprint density at radius 1 is 1.61 bits per heavy atom. The molecular weight excluding hydrogens is 264 g/mol. The van der Waals surface area contributed by atoms with Crippen molar-refractivity contribution in [1.82, 2.24) is 14.5 Å². The van der Waals surface area contributed by atoms with Gasteiger partial charge >= 0.3 is 5.97 Å². The Morgan fingerprint density at radius 3 is 2.61 bits per heavy atom. The van der Waals surface area contributed by atoms with Crippen LogP contribution in [0.1, 0.15) is 6.42 Å². The van der Waals surface area contributed by atoms with E-state index in [9.17, 15) is 18.0 Å². The van der Waals surface area contributed by atoms with Gasteiger partial charge in [0, 0.05) is 7.05 Å². The molecule has 18 heavy (non-hydrogen) atoms. The largest absolute Gasteiger partial charge is 0.480 e. The minimum Gasteiger partial charge on any atom is -0.480 e. The molecule has 0 aliphatic rings. The Bertz CT molecular complexity index is 564. The molecule has 1 aromatic rings. The van der Waals surface area contributed by atoms with Gasteiger partial charge in [-0.2, -0.15) is 9.82 Å². The number of aliphatic carboxylic acids is 1. The first-order valence-corrected chi connectivity index (χ1v) is 6.24. The van der Waals surface area contributed by atoms with Gasteiger partial charge in [0.05, 0.1) is 12.6 Å². The van der Waals surface area contributed by atoms with E-state index in [1.807, 2.05) is 4.72 Å². The highest BCUT2D eigenvalue weighted by Crippen LogP contribution is 2.08. The molecule has 0 aromatic carbocycles. The number of carbonyl (C=O) groups excluding carboxylic acids is 1. The number of nitrogens with zero attached hydrogens (tertiary/aromatic N) is 2. The number of nitrogens with one attached hydrogen (secondary N) is 1. The van der Waals surface area contributed by atoms with Gasteiger partial charge in [-0.15, -0.1) is 0 Å². The van der Waals surface area contributed by atoms with Crippen molar-refractivity contribution < 1.29 is 23.1 Å². The standard InChI is InChI=1S/C8H12N4O5S/c1-12-7(2-3-10-12)18(16,17)11-5(8(14)15)4-6(9)13/h2-3,5,11H,4H2,1H3,(H2,9,13)(H,14,15). The molecule has 0 radical (unpaired) electrons. The molecule has 0 spiro atoms. The molecule has 0 fully saturated rings. The van der Waals surface area contributed by atoms with Gasteiger partial charge in [-0.25, -0.2) is 8.42 Å². The number of primary amides is 1. The van der Waals surface area contributed by atoms with Crippen LogP contribution in [0.3, 0.4) is 0 Å². The van der Waals surface area contributed by atoms with Gasteiger partial charge < -0.3 is 10.8 Å². The van der Waals surface area contributed by atoms with Crippen molar-refractivity contribution in [3.05, 3.63) is 12.3 Å². The molecule has 0 bridgehead atoms. The second kappa shape index (κ2) is 5.14. The monoisotopic (exact) mass is 276 g/mol. The zero-order valence-electron chi connectivity index (χ0n) is 9.40. The molecule has 100 valence electrons. The highest BCUT2D eigenvalue weighted by atomic mass is 32.2. The van der Waals surface area contributed by atoms with E-state index in [-0.39, 0.29) is 5.03 Å². The Morgan fingerprint density at radius 2 is 2.22 bits per heavy atom. The van der Waals surface area contributed by atoms with Crippen molar-refractivity contribution in [2.45, 2.75) is 17.5 Å². The number of aromatic nitrogens is 2. The zero-order valence-corrected chi connectivity index (χ0v) is 10.2. The quantitative estimate of drug-likeness (QED) is 0.549. The smallest absolute Gasteiger partial charge is 0.322 e. The van der Waals surface area contributed by atoms with Crippen LogP contribution in [0.25, 0.3) is 0 Å². The normalized spacial score (nSPS) is 13.2. The number of nitrogens with two attached hydrogens (primary N) is 1. The maximum absolute atomic E-state index is 11.8. The van der Waals surface area contributed by atoms with Crippen LogP contribution in [0, 0.1) is 0 Å². The molecule has 1 unspecified atom stereocenters. The van der Waals surface area contributed by atoms with E-state index in [1.54, 1.807) is 0 Å². The molecule has 1 rings (SSSR count). The van der Waals surface area contributed by atoms with Crippen molar-refractivity contribution in [3.63, 3.8) is 0 Å². The molecule has 1 heterocycles. The minimum absolute atomic E-state index is 0.210. The predicted octanol–water partition coefficient (Wildman–Crippen LogP) is -1.97. The maximum Gasteiger partial charge on any atom is 0.322 e. The molecule has 0 aliphatic heterocycles. The lowest BCUT2D eigenvalue weighted by Crippen LogP contribution is -2.43. The summed E-state index contributed by atoms with van der Waals surface area (Å²) in [6.45, 7) is 0. The zero-order chi connectivity index (χ0) is 13.9. The summed E-state index contributed by atoms with van der Waals surface area (Å²) in [6, 6.07) is -0.409. The number of amides is 1. The van der Waals surface area contributed by atoms with Crippen molar-refractivity contribution in [2.24, 2.45) is 12.8 Å². The molecule has 0 aliphatic carbocycles. The van der Waals surface area contributed by atoms with E-state index in [0.29, 0.717) is 0 Å². The summed E-state index contributed by atoms with van der Waals surface area (Å²) in [7, 11) is -2.69. The van der Waals surface area contributed by atoms with Gasteiger partial charge in [-0.1, -0.05) is 0 Å². The highest BCUT2D eigenvalue weighted by molar-refractivity contribution is 7.89. The second-order valence-corrected chi connectivity index (χ2v) is 5.14. The van der Waals surface area contributed by atoms with E-state index in [4.69, 9.17) is 10.8 Å². The molecule has 4 N–H and O–H groups in total. The van der Waals surface area contributed by atoms with Crippen molar-refractivity contribution in [3.8, 4) is 0 Å². The van der Waals surface area contributed by atoms with Gasteiger partial charge in [0.15, 0.2) is 5.03 Å². The summed E-state index contributed by atoms with van der Waals surface area (Å²) < 4.78 is 26.6. The first-order chi connectivity index (χ1) is 8.24. The van der Waals surface area contributed by atoms with Crippen molar-refractivity contribution in [2.75, 3.05) is 0 Å². The van der Waals surface area contributed by atoms with Crippen LogP contribution < -0.4 is 10.5 Å². The predicted molar refractivity (Wildman–Crippen MR) is 58.8 cm³/mol. The van der Waals surface area contributed by atoms with E-state index >= 15 is 0 Å². The van der Waals surface area contributed by atoms with Crippen LogP contribution in [0.15, 0.2) is 17.3 Å². The summed E-state index contributed by atoms with van der Waals surface area (Å²) in [5.74, 6) is -2.41. The summed E-state index contributed by atoms with van der Waals surface area (Å²) in [5, 5.41) is 12.2. The Labute approximate surface area is 103 Å². The van der Waals surface area contributed by atoms with Crippen LogP contribution in [0.2, 0.25) is 0 Å². The Kier molecular flexibility index (Phi) is 4.03. The molecule has 1 amide bonds. The van der Waals surface area contributed by atoms with Gasteiger partial charge in [0.2, 0.25) is 5.91 Å². The number of carboxylic acid groups (broad SMARTS) is 1. The van der Waals surface area contributed by atoms with Crippen LogP contribution in [-0.2, 0) is 26.7 Å². The molecule has 1 atom stereocenters. The second-order valence-electron chi connectivity index (χ2n) is 3.48. The number of carbonyl (C=O) groups is 2. The maximum atomic E-state index is 11.8. The molecular formula is C8H12N4O5S. The summed E-state index contributed by atoms with van der Waals surface area (Å²) in [6.07, 6.45) is 0.616. The first kappa shape index (κ1) is 14.1. The van der Waals surface area contributed by atoms with E-state index in [0.717, 1.165) is 4.68 Å². The minimum atomic E-state index is -4.08. The lowest BCUT2D eigenvalue weighted by Gasteiger charge is -2.13. The van der Waals surface area contributed by atoms with Gasteiger partial charge in [0.1, 0.15) is 6.04 Å². The average Bonchev–Trinajstić information content (AvgIpc) is 2.62. The fourth-order valence-electron chi connectivity index (χ4n) is 1.25. The number of rotatable bonds is 6. The topological polar surface area (TPSA) is 144 Å². The van der Waals surface area contributed by atoms with Crippen LogP contribution in [-0.4, -0.2) is 41.2 Å². The number of aryl methyl sites for hydroxylation is 1. The third-order valence-corrected chi connectivity index (χ3v) is 3.60. The fraction of sp³-hybridized carbons (Fsp3) is 0.375. The Balaban J connectivity index is 2.97. The third-order valence-electron chi connectivity index (χ3n) is 2.05. The van der Waals surface area contributed by atoms with Crippen molar-refractivity contribution >= 4 is 21.9 Å². The molecule has 10 heteroatoms. The molecule has 1 aromatic heterocycles. The fourth-order valence-corrected chi connectivity index (χ4v) is 2.57. The van der Waals surface area contributed by atoms with E-state index in [1.165, 1.54) is 19.3 Å². The molecule has 0 saturated heterocycles. The number of hydrogen-bond donors (Lipinski definition) is 3. The Hall–Kier alpha value is -1.94. The number of hydrogen-bond acceptors (Lipinski definition) is 5. The third kappa shape index (κ3) is 3.28. The van der Waals surface area contributed by atoms with Gasteiger partial charge in [-0.3, -0.25) is 14.3 Å². The van der Waals surface area contributed by atoms with Crippen LogP contribution in [0.5, 0.6) is 0 Å². The summed E-state index contributed by atoms with van der Waals surface area (Å²) in [4.78, 5) is 21.5. The number of carboxylic acids is 1. The number of sulfonamides is 1. The van der Waals surface area contributed by atoms with Crippen LogP contribution >= 0.6 is 0 Å². The van der Waals surface area contributed by atoms with E-state index in [2.05, 4.69) is 5.10 Å². The van der Waals surface area contributed by atoms with Crippen LogP contribution in [0.4, 0.5) is 0 Å². The lowest BCUT2D eigenvalue weighted by molar-refractivity contribution is -0.140. The molecule has 9 nitrogen and oxygen atoms in total. The summed E-state index contributed by atoms with van der Waals surface area (Å²) in [5.41, 5.74) is 4.84. The lowest BCUT2D eigenvalue weighted by atomic mass is 10.2.